The van der Waals surface area contributed by atoms with Crippen molar-refractivity contribution in [2.45, 2.75) is 60.5 Å². The standard InChI is InChI=1S/C25H30N6O/c1-6-7-12-30-24-23(19(5)28-30)21(13-17(3)26-24)25(32)27-22-14-18(4)31(29-22)15-20-11-9-8-10-16(20)2/h8-11,13-14H,6-7,12,15H2,1-5H3,(H,27,29,32). The van der Waals surface area contributed by atoms with E-state index in [4.69, 9.17) is 0 Å². The van der Waals surface area contributed by atoms with Crippen LogP contribution in [0.3, 0.4) is 0 Å². The lowest BCUT2D eigenvalue weighted by Crippen LogP contribution is -2.14. The van der Waals surface area contributed by atoms with E-state index in [9.17, 15) is 4.79 Å². The molecule has 0 saturated heterocycles. The summed E-state index contributed by atoms with van der Waals surface area (Å²) in [5.74, 6) is 0.346. The molecular formula is C25H30N6O. The molecule has 166 valence electrons. The molecule has 4 aromatic rings. The van der Waals surface area contributed by atoms with E-state index < -0.39 is 0 Å². The van der Waals surface area contributed by atoms with Crippen molar-refractivity contribution in [2.24, 2.45) is 0 Å². The molecule has 0 unspecified atom stereocenters. The van der Waals surface area contributed by atoms with Gasteiger partial charge in [-0.2, -0.15) is 10.2 Å². The third-order valence-corrected chi connectivity index (χ3v) is 5.78. The summed E-state index contributed by atoms with van der Waals surface area (Å²) >= 11 is 0. The molecule has 1 N–H and O–H groups in total. The van der Waals surface area contributed by atoms with Gasteiger partial charge in [-0.15, -0.1) is 0 Å². The third kappa shape index (κ3) is 4.28. The Morgan fingerprint density at radius 3 is 2.56 bits per heavy atom. The van der Waals surface area contributed by atoms with E-state index in [2.05, 4.69) is 46.5 Å². The minimum atomic E-state index is -0.195. The highest BCUT2D eigenvalue weighted by molar-refractivity contribution is 6.12. The molecule has 0 radical (unpaired) electrons. The Bertz CT molecular complexity index is 1280. The molecule has 0 bridgehead atoms. The van der Waals surface area contributed by atoms with E-state index in [0.29, 0.717) is 17.9 Å². The molecule has 32 heavy (non-hydrogen) atoms. The van der Waals surface area contributed by atoms with Crippen molar-refractivity contribution in [3.63, 3.8) is 0 Å². The zero-order chi connectivity index (χ0) is 22.8. The van der Waals surface area contributed by atoms with Crippen LogP contribution in [0.1, 0.15) is 58.3 Å². The Kier molecular flexibility index (Phi) is 6.08. The minimum Gasteiger partial charge on any atom is -0.305 e. The number of hydrogen-bond acceptors (Lipinski definition) is 4. The number of aromatic nitrogens is 5. The number of carbonyl (C=O) groups is 1. The van der Waals surface area contributed by atoms with Gasteiger partial charge in [-0.05, 0) is 51.3 Å². The second kappa shape index (κ2) is 8.94. The summed E-state index contributed by atoms with van der Waals surface area (Å²) in [7, 11) is 0. The summed E-state index contributed by atoms with van der Waals surface area (Å²) < 4.78 is 3.83. The van der Waals surface area contributed by atoms with Crippen LogP contribution >= 0.6 is 0 Å². The maximum Gasteiger partial charge on any atom is 0.257 e. The highest BCUT2D eigenvalue weighted by atomic mass is 16.1. The predicted molar refractivity (Wildman–Crippen MR) is 127 cm³/mol. The molecule has 0 aliphatic rings. The first-order chi connectivity index (χ1) is 15.4. The summed E-state index contributed by atoms with van der Waals surface area (Å²) in [4.78, 5) is 17.9. The molecule has 0 spiro atoms. The molecule has 7 nitrogen and oxygen atoms in total. The summed E-state index contributed by atoms with van der Waals surface area (Å²) in [6.45, 7) is 11.5. The second-order valence-corrected chi connectivity index (χ2v) is 8.38. The Hall–Kier alpha value is -3.48. The van der Waals surface area contributed by atoms with Crippen molar-refractivity contribution in [2.75, 3.05) is 5.32 Å². The topological polar surface area (TPSA) is 77.6 Å². The molecule has 0 fully saturated rings. The number of nitrogens with zero attached hydrogens (tertiary/aromatic N) is 5. The zero-order valence-corrected chi connectivity index (χ0v) is 19.4. The molecule has 3 aromatic heterocycles. The molecular weight excluding hydrogens is 400 g/mol. The van der Waals surface area contributed by atoms with Gasteiger partial charge in [0.1, 0.15) is 0 Å². The Labute approximate surface area is 188 Å². The van der Waals surface area contributed by atoms with Crippen LogP contribution < -0.4 is 5.32 Å². The lowest BCUT2D eigenvalue weighted by molar-refractivity contribution is 0.102. The Balaban J connectivity index is 1.62. The molecule has 0 aliphatic carbocycles. The van der Waals surface area contributed by atoms with E-state index in [1.807, 2.05) is 54.4 Å². The van der Waals surface area contributed by atoms with Gasteiger partial charge in [0.15, 0.2) is 11.5 Å². The van der Waals surface area contributed by atoms with Gasteiger partial charge in [-0.1, -0.05) is 37.6 Å². The van der Waals surface area contributed by atoms with Crippen LogP contribution in [-0.2, 0) is 13.1 Å². The first-order valence-corrected chi connectivity index (χ1v) is 11.1. The Morgan fingerprint density at radius 2 is 1.81 bits per heavy atom. The number of rotatable bonds is 7. The number of nitrogens with one attached hydrogen (secondary N) is 1. The second-order valence-electron chi connectivity index (χ2n) is 8.38. The molecule has 1 aromatic carbocycles. The summed E-state index contributed by atoms with van der Waals surface area (Å²) in [5.41, 5.74) is 6.37. The Morgan fingerprint density at radius 1 is 1.03 bits per heavy atom. The number of aryl methyl sites for hydroxylation is 5. The average Bonchev–Trinajstić information content (AvgIpc) is 3.26. The van der Waals surface area contributed by atoms with Crippen molar-refractivity contribution >= 4 is 22.8 Å². The molecule has 1 amide bonds. The number of pyridine rings is 1. The average molecular weight is 431 g/mol. The fourth-order valence-corrected chi connectivity index (χ4v) is 3.99. The number of amides is 1. The highest BCUT2D eigenvalue weighted by Gasteiger charge is 2.20. The monoisotopic (exact) mass is 430 g/mol. The van der Waals surface area contributed by atoms with Crippen molar-refractivity contribution in [1.29, 1.82) is 0 Å². The first-order valence-electron chi connectivity index (χ1n) is 11.1. The lowest BCUT2D eigenvalue weighted by Gasteiger charge is -2.08. The van der Waals surface area contributed by atoms with Crippen molar-refractivity contribution in [3.05, 3.63) is 70.2 Å². The maximum absolute atomic E-state index is 13.3. The van der Waals surface area contributed by atoms with Gasteiger partial charge in [0.2, 0.25) is 0 Å². The van der Waals surface area contributed by atoms with Crippen molar-refractivity contribution in [1.82, 2.24) is 24.5 Å². The summed E-state index contributed by atoms with van der Waals surface area (Å²) in [6, 6.07) is 12.0. The van der Waals surface area contributed by atoms with Gasteiger partial charge >= 0.3 is 0 Å². The molecule has 3 heterocycles. The van der Waals surface area contributed by atoms with Crippen LogP contribution in [0.4, 0.5) is 5.82 Å². The van der Waals surface area contributed by atoms with Crippen LogP contribution in [0.5, 0.6) is 0 Å². The number of hydrogen-bond donors (Lipinski definition) is 1. The zero-order valence-electron chi connectivity index (χ0n) is 19.4. The lowest BCUT2D eigenvalue weighted by atomic mass is 10.1. The van der Waals surface area contributed by atoms with Gasteiger partial charge in [-0.25, -0.2) is 9.67 Å². The fourth-order valence-electron chi connectivity index (χ4n) is 3.99. The normalized spacial score (nSPS) is 11.3. The van der Waals surface area contributed by atoms with Crippen LogP contribution in [0.25, 0.3) is 11.0 Å². The number of benzene rings is 1. The van der Waals surface area contributed by atoms with Crippen LogP contribution in [-0.4, -0.2) is 30.5 Å². The summed E-state index contributed by atoms with van der Waals surface area (Å²) in [5, 5.41) is 13.1. The van der Waals surface area contributed by atoms with Gasteiger partial charge in [0.05, 0.1) is 23.2 Å². The largest absolute Gasteiger partial charge is 0.305 e. The van der Waals surface area contributed by atoms with E-state index in [-0.39, 0.29) is 5.91 Å². The van der Waals surface area contributed by atoms with Crippen LogP contribution in [0.2, 0.25) is 0 Å². The van der Waals surface area contributed by atoms with Crippen LogP contribution in [0, 0.1) is 27.7 Å². The van der Waals surface area contributed by atoms with Gasteiger partial charge in [0.25, 0.3) is 5.91 Å². The predicted octanol–water partition coefficient (Wildman–Crippen LogP) is 4.96. The van der Waals surface area contributed by atoms with Gasteiger partial charge in [0, 0.05) is 24.0 Å². The first kappa shape index (κ1) is 21.7. The molecule has 0 aliphatic heterocycles. The number of fused-ring (bicyclic) bond motifs is 1. The van der Waals surface area contributed by atoms with E-state index in [1.54, 1.807) is 0 Å². The third-order valence-electron chi connectivity index (χ3n) is 5.78. The van der Waals surface area contributed by atoms with Gasteiger partial charge < -0.3 is 5.32 Å². The number of anilines is 1. The van der Waals surface area contributed by atoms with Crippen molar-refractivity contribution in [3.8, 4) is 0 Å². The van der Waals surface area contributed by atoms with E-state index in [0.717, 1.165) is 47.5 Å². The molecule has 0 saturated carbocycles. The minimum absolute atomic E-state index is 0.195. The molecule has 0 atom stereocenters. The quantitative estimate of drug-likeness (QED) is 0.449. The smallest absolute Gasteiger partial charge is 0.257 e. The van der Waals surface area contributed by atoms with Gasteiger partial charge in [-0.3, -0.25) is 9.48 Å². The highest BCUT2D eigenvalue weighted by Crippen LogP contribution is 2.24. The number of carbonyl (C=O) groups excluding carboxylic acids is 1. The van der Waals surface area contributed by atoms with Crippen molar-refractivity contribution < 1.29 is 4.79 Å². The maximum atomic E-state index is 13.3. The SMILES string of the molecule is CCCCn1nc(C)c2c(C(=O)Nc3cc(C)n(Cc4ccccc4C)n3)cc(C)nc21. The van der Waals surface area contributed by atoms with E-state index in [1.165, 1.54) is 11.1 Å². The fraction of sp³-hybridized carbons (Fsp3) is 0.360. The number of unbranched alkanes of at least 4 members (excludes halogenated alkanes) is 1. The van der Waals surface area contributed by atoms with Crippen LogP contribution in [0.15, 0.2) is 36.4 Å². The van der Waals surface area contributed by atoms with E-state index >= 15 is 0 Å². The molecule has 4 rings (SSSR count). The molecule has 7 heteroatoms. The summed E-state index contributed by atoms with van der Waals surface area (Å²) in [6.07, 6.45) is 2.09.